The van der Waals surface area contributed by atoms with Gasteiger partial charge in [0.2, 0.25) is 5.91 Å². The van der Waals surface area contributed by atoms with Crippen molar-refractivity contribution in [2.75, 3.05) is 18.4 Å². The van der Waals surface area contributed by atoms with Crippen LogP contribution in [0.2, 0.25) is 0 Å². The van der Waals surface area contributed by atoms with Gasteiger partial charge in [-0.05, 0) is 37.6 Å². The van der Waals surface area contributed by atoms with Crippen molar-refractivity contribution < 1.29 is 4.79 Å². The van der Waals surface area contributed by atoms with Crippen molar-refractivity contribution in [3.63, 3.8) is 0 Å². The summed E-state index contributed by atoms with van der Waals surface area (Å²) in [7, 11) is 1.64. The topological polar surface area (TPSA) is 72.2 Å². The number of rotatable bonds is 3. The lowest BCUT2D eigenvalue weighted by Crippen LogP contribution is -2.26. The number of hydrogen-bond donors (Lipinski definition) is 1. The van der Waals surface area contributed by atoms with Crippen molar-refractivity contribution >= 4 is 28.2 Å². The van der Waals surface area contributed by atoms with Crippen molar-refractivity contribution in [3.8, 4) is 0 Å². The maximum Gasteiger partial charge on any atom is 0.271 e. The predicted octanol–water partition coefficient (Wildman–Crippen LogP) is 2.58. The van der Waals surface area contributed by atoms with Crippen LogP contribution in [0.15, 0.2) is 41.5 Å². The van der Waals surface area contributed by atoms with Crippen LogP contribution in [0.4, 0.5) is 11.4 Å². The Kier molecular flexibility index (Phi) is 4.22. The second kappa shape index (κ2) is 6.57. The zero-order valence-corrected chi connectivity index (χ0v) is 15.8. The molecule has 1 aliphatic rings. The quantitative estimate of drug-likeness (QED) is 0.774. The molecule has 140 valence electrons. The van der Waals surface area contributed by atoms with Gasteiger partial charge in [-0.1, -0.05) is 0 Å². The lowest BCUT2D eigenvalue weighted by molar-refractivity contribution is -0.127. The van der Waals surface area contributed by atoms with Crippen molar-refractivity contribution in [2.24, 2.45) is 7.05 Å². The minimum atomic E-state index is -0.108. The maximum absolute atomic E-state index is 12.0. The number of anilines is 2. The van der Waals surface area contributed by atoms with Crippen LogP contribution in [0.5, 0.6) is 0 Å². The van der Waals surface area contributed by atoms with E-state index in [2.05, 4.69) is 39.4 Å². The average molecular weight is 365 g/mol. The Morgan fingerprint density at radius 3 is 2.85 bits per heavy atom. The van der Waals surface area contributed by atoms with Crippen LogP contribution in [-0.2, 0) is 11.8 Å². The van der Waals surface area contributed by atoms with Crippen LogP contribution in [0, 0.1) is 6.92 Å². The first kappa shape index (κ1) is 17.3. The van der Waals surface area contributed by atoms with E-state index < -0.39 is 0 Å². The van der Waals surface area contributed by atoms with E-state index in [-0.39, 0.29) is 11.5 Å². The molecule has 1 aromatic carbocycles. The molecule has 0 aliphatic carbocycles. The summed E-state index contributed by atoms with van der Waals surface area (Å²) in [4.78, 5) is 25.5. The third-order valence-corrected chi connectivity index (χ3v) is 5.38. The summed E-state index contributed by atoms with van der Waals surface area (Å²) >= 11 is 0. The monoisotopic (exact) mass is 365 g/mol. The van der Waals surface area contributed by atoms with E-state index >= 15 is 0 Å². The summed E-state index contributed by atoms with van der Waals surface area (Å²) in [6.07, 6.45) is 4.73. The first-order valence-corrected chi connectivity index (χ1v) is 9.10. The normalized spacial score (nSPS) is 16.9. The lowest BCUT2D eigenvalue weighted by atomic mass is 10.2. The van der Waals surface area contributed by atoms with Crippen LogP contribution in [0.3, 0.4) is 0 Å². The highest BCUT2D eigenvalue weighted by Crippen LogP contribution is 2.29. The molecule has 7 nitrogen and oxygen atoms in total. The minimum absolute atomic E-state index is 0.108. The Bertz CT molecular complexity index is 1080. The molecule has 1 saturated heterocycles. The van der Waals surface area contributed by atoms with Crippen LogP contribution >= 0.6 is 0 Å². The number of likely N-dealkylation sites (tertiary alicyclic amines) is 1. The van der Waals surface area contributed by atoms with E-state index in [1.54, 1.807) is 27.1 Å². The van der Waals surface area contributed by atoms with Crippen LogP contribution < -0.4 is 10.9 Å². The van der Waals surface area contributed by atoms with Crippen LogP contribution in [0.1, 0.15) is 24.9 Å². The molecule has 1 atom stereocenters. The smallest absolute Gasteiger partial charge is 0.271 e. The fraction of sp³-hybridized carbons (Fsp3) is 0.350. The molecule has 1 N–H and O–H groups in total. The fourth-order valence-electron chi connectivity index (χ4n) is 3.75. The van der Waals surface area contributed by atoms with Gasteiger partial charge in [-0.3, -0.25) is 9.59 Å². The highest BCUT2D eigenvalue weighted by Gasteiger charge is 2.25. The largest absolute Gasteiger partial charge is 0.354 e. The van der Waals surface area contributed by atoms with Crippen molar-refractivity contribution in [2.45, 2.75) is 26.3 Å². The lowest BCUT2D eigenvalue weighted by Gasteiger charge is -2.16. The number of hydrogen-bond acceptors (Lipinski definition) is 4. The van der Waals surface area contributed by atoms with Crippen LogP contribution in [0.25, 0.3) is 10.9 Å². The average Bonchev–Trinajstić information content (AvgIpc) is 3.28. The zero-order valence-electron chi connectivity index (χ0n) is 15.8. The van der Waals surface area contributed by atoms with Crippen LogP contribution in [-0.4, -0.2) is 38.2 Å². The van der Waals surface area contributed by atoms with Gasteiger partial charge in [0.25, 0.3) is 5.56 Å². The maximum atomic E-state index is 12.0. The number of aromatic nitrogens is 3. The Balaban J connectivity index is 1.61. The summed E-state index contributed by atoms with van der Waals surface area (Å²) in [5, 5.41) is 8.50. The van der Waals surface area contributed by atoms with Gasteiger partial charge >= 0.3 is 0 Å². The van der Waals surface area contributed by atoms with Crippen molar-refractivity contribution in [1.82, 2.24) is 19.2 Å². The van der Waals surface area contributed by atoms with E-state index in [1.807, 2.05) is 11.0 Å². The molecule has 0 unspecified atom stereocenters. The van der Waals surface area contributed by atoms with E-state index in [4.69, 9.17) is 0 Å². The van der Waals surface area contributed by atoms with Gasteiger partial charge < -0.3 is 14.8 Å². The summed E-state index contributed by atoms with van der Waals surface area (Å²) in [6, 6.07) is 8.56. The molecule has 3 heterocycles. The van der Waals surface area contributed by atoms with Gasteiger partial charge in [-0.25, -0.2) is 4.68 Å². The molecule has 0 bridgehead atoms. The molecule has 3 aromatic rings. The minimum Gasteiger partial charge on any atom is -0.354 e. The highest BCUT2D eigenvalue weighted by atomic mass is 16.2. The molecule has 1 fully saturated rings. The van der Waals surface area contributed by atoms with Gasteiger partial charge in [-0.15, -0.1) is 0 Å². The number of carbonyl (C=O) groups excluding carboxylic acids is 1. The second-order valence-corrected chi connectivity index (χ2v) is 7.14. The summed E-state index contributed by atoms with van der Waals surface area (Å²) in [5.74, 6) is 0.137. The van der Waals surface area contributed by atoms with E-state index in [0.29, 0.717) is 17.3 Å². The zero-order chi connectivity index (χ0) is 19.1. The summed E-state index contributed by atoms with van der Waals surface area (Å²) < 4.78 is 3.59. The third kappa shape index (κ3) is 3.09. The Hall–Kier alpha value is -3.09. The number of benzene rings is 1. The molecule has 2 aromatic heterocycles. The Morgan fingerprint density at radius 1 is 1.30 bits per heavy atom. The van der Waals surface area contributed by atoms with Gasteiger partial charge in [0.05, 0.1) is 17.9 Å². The number of fused-ring (bicyclic) bond motifs is 1. The summed E-state index contributed by atoms with van der Waals surface area (Å²) in [6.45, 7) is 5.00. The van der Waals surface area contributed by atoms with Gasteiger partial charge in [0.15, 0.2) is 0 Å². The molecule has 27 heavy (non-hydrogen) atoms. The number of nitrogens with zero attached hydrogens (tertiary/aromatic N) is 4. The Labute approximate surface area is 157 Å². The number of nitrogens with one attached hydrogen (secondary N) is 1. The number of amides is 1. The van der Waals surface area contributed by atoms with E-state index in [9.17, 15) is 9.59 Å². The Morgan fingerprint density at radius 2 is 2.11 bits per heavy atom. The third-order valence-electron chi connectivity index (χ3n) is 5.38. The van der Waals surface area contributed by atoms with Gasteiger partial charge in [0.1, 0.15) is 0 Å². The molecule has 0 saturated carbocycles. The molecular formula is C20H23N5O2. The first-order valence-electron chi connectivity index (χ1n) is 9.10. The molecule has 7 heteroatoms. The molecule has 4 rings (SSSR count). The SMILES string of the molecule is CC(=O)N1CC[C@H](n2ccc3cc(Nc4cnn(C)c(=O)c4C)ccc32)C1. The van der Waals surface area contributed by atoms with Crippen molar-refractivity contribution in [3.05, 3.63) is 52.6 Å². The first-order chi connectivity index (χ1) is 12.9. The summed E-state index contributed by atoms with van der Waals surface area (Å²) in [5.41, 5.74) is 3.30. The highest BCUT2D eigenvalue weighted by molar-refractivity contribution is 5.85. The fourth-order valence-corrected chi connectivity index (χ4v) is 3.75. The van der Waals surface area contributed by atoms with Gasteiger partial charge in [0, 0.05) is 55.4 Å². The van der Waals surface area contributed by atoms with E-state index in [1.165, 1.54) is 4.68 Å². The van der Waals surface area contributed by atoms with Gasteiger partial charge in [-0.2, -0.15) is 5.10 Å². The molecule has 1 amide bonds. The predicted molar refractivity (Wildman–Crippen MR) is 105 cm³/mol. The van der Waals surface area contributed by atoms with Crippen molar-refractivity contribution in [1.29, 1.82) is 0 Å². The van der Waals surface area contributed by atoms with E-state index in [0.717, 1.165) is 36.1 Å². The molecule has 0 spiro atoms. The second-order valence-electron chi connectivity index (χ2n) is 7.14. The number of aryl methyl sites for hydroxylation is 1. The standard InChI is InChI=1S/C20H23N5O2/c1-13-18(11-21-23(3)20(13)27)22-16-4-5-19-15(10-16)6-9-25(19)17-7-8-24(12-17)14(2)26/h4-6,9-11,17,22H,7-8,12H2,1-3H3/t17-/m0/s1. The molecular weight excluding hydrogens is 342 g/mol. The molecule has 1 aliphatic heterocycles. The molecule has 0 radical (unpaired) electrons. The number of carbonyl (C=O) groups is 1.